The minimum absolute atomic E-state index is 0.281. The molecule has 3 aliphatic rings. The molecular weight excluding hydrogens is 932 g/mol. The van der Waals surface area contributed by atoms with Gasteiger partial charge in [0.1, 0.15) is 73.2 Å². The van der Waals surface area contributed by atoms with Crippen molar-refractivity contribution in [1.82, 2.24) is 26.2 Å². The molecule has 0 aliphatic carbocycles. The van der Waals surface area contributed by atoms with Gasteiger partial charge in [0, 0.05) is 26.1 Å². The molecule has 0 spiro atoms. The van der Waals surface area contributed by atoms with E-state index < -0.39 is 174 Å². The molecule has 3 fully saturated rings. The second-order valence-corrected chi connectivity index (χ2v) is 16.7. The number of unbranched alkanes of at least 4 members (excludes halogenated alkanes) is 1. The summed E-state index contributed by atoms with van der Waals surface area (Å²) in [6, 6.07) is -2.35. The minimum Gasteiger partial charge on any atom is -0.394 e. The number of nitrogens with two attached hydrogens (primary N) is 1. The van der Waals surface area contributed by atoms with Gasteiger partial charge in [0.2, 0.25) is 23.6 Å². The number of nitrogens with one attached hydrogen (secondary N) is 4. The summed E-state index contributed by atoms with van der Waals surface area (Å²) in [7, 11) is 0. The lowest BCUT2D eigenvalue weighted by Crippen LogP contribution is -2.59. The predicted octanol–water partition coefficient (Wildman–Crippen LogP) is -10.6. The predicted molar refractivity (Wildman–Crippen MR) is 228 cm³/mol. The maximum Gasteiger partial charge on any atom is 0.237 e. The highest BCUT2D eigenvalue weighted by atomic mass is 16.7. The van der Waals surface area contributed by atoms with Crippen LogP contribution in [0.3, 0.4) is 0 Å². The summed E-state index contributed by atoms with van der Waals surface area (Å²) in [6.07, 6.45) is -23.2. The van der Waals surface area contributed by atoms with Crippen LogP contribution in [0.4, 0.5) is 0 Å². The Morgan fingerprint density at radius 1 is 0.551 bits per heavy atom. The molecule has 400 valence electrons. The van der Waals surface area contributed by atoms with Gasteiger partial charge in [0.25, 0.3) is 0 Å². The normalized spacial score (nSPS) is 32.5. The molecule has 3 rings (SSSR count). The lowest BCUT2D eigenvalue weighted by atomic mass is 9.99. The van der Waals surface area contributed by atoms with Crippen molar-refractivity contribution >= 4 is 29.4 Å². The molecule has 29 heteroatoms. The first kappa shape index (κ1) is 60.1. The molecule has 0 radical (unpaired) electrons. The molecule has 3 heterocycles. The van der Waals surface area contributed by atoms with Crippen LogP contribution in [0.1, 0.15) is 39.0 Å². The zero-order chi connectivity index (χ0) is 51.4. The summed E-state index contributed by atoms with van der Waals surface area (Å²) in [5.41, 5.74) is 5.57. The van der Waals surface area contributed by atoms with Crippen molar-refractivity contribution in [3.05, 3.63) is 0 Å². The number of rotatable bonds is 30. The van der Waals surface area contributed by atoms with Crippen LogP contribution in [-0.4, -0.2) is 279 Å². The van der Waals surface area contributed by atoms with E-state index in [0.717, 1.165) is 4.90 Å². The van der Waals surface area contributed by atoms with Gasteiger partial charge in [-0.3, -0.25) is 28.9 Å². The third-order valence-corrected chi connectivity index (χ3v) is 11.5. The number of ketones is 1. The average Bonchev–Trinajstić information content (AvgIpc) is 3.32. The summed E-state index contributed by atoms with van der Waals surface area (Å²) < 4.78 is 32.2. The van der Waals surface area contributed by atoms with Crippen molar-refractivity contribution in [1.29, 1.82) is 0 Å². The molecule has 18 N–H and O–H groups in total. The van der Waals surface area contributed by atoms with E-state index in [4.69, 9.17) is 34.2 Å². The van der Waals surface area contributed by atoms with E-state index >= 15 is 0 Å². The fraction of sp³-hybridized carbons (Fsp3) is 0.875. The van der Waals surface area contributed by atoms with Crippen molar-refractivity contribution in [2.45, 2.75) is 143 Å². The summed E-state index contributed by atoms with van der Waals surface area (Å²) >= 11 is 0. The van der Waals surface area contributed by atoms with Crippen molar-refractivity contribution in [2.75, 3.05) is 78.9 Å². The zero-order valence-electron chi connectivity index (χ0n) is 38.2. The smallest absolute Gasteiger partial charge is 0.237 e. The molecule has 3 saturated heterocycles. The number of aliphatic hydroxyl groups is 12. The van der Waals surface area contributed by atoms with E-state index in [-0.39, 0.29) is 51.5 Å². The Morgan fingerprint density at radius 3 is 1.30 bits per heavy atom. The van der Waals surface area contributed by atoms with Crippen molar-refractivity contribution in [3.63, 3.8) is 0 Å². The molecule has 3 aliphatic heterocycles. The number of carbonyl (C=O) groups is 5. The van der Waals surface area contributed by atoms with Crippen LogP contribution in [0.5, 0.6) is 0 Å². The van der Waals surface area contributed by atoms with Crippen LogP contribution in [0, 0.1) is 0 Å². The first-order chi connectivity index (χ1) is 32.8. The second-order valence-electron chi connectivity index (χ2n) is 16.7. The molecule has 4 amide bonds. The third kappa shape index (κ3) is 18.4. The highest BCUT2D eigenvalue weighted by molar-refractivity contribution is 5.89. The highest BCUT2D eigenvalue weighted by Gasteiger charge is 2.46. The second kappa shape index (κ2) is 30.6. The Morgan fingerprint density at radius 2 is 0.942 bits per heavy atom. The summed E-state index contributed by atoms with van der Waals surface area (Å²) in [4.78, 5) is 67.7. The quantitative estimate of drug-likeness (QED) is 0.0297. The number of hydrogen-bond donors (Lipinski definition) is 17. The molecule has 0 unspecified atom stereocenters. The summed E-state index contributed by atoms with van der Waals surface area (Å²) in [5, 5.41) is 130. The molecular formula is C40H72N6O23. The van der Waals surface area contributed by atoms with E-state index in [1.807, 2.05) is 0 Å². The Kier molecular flexibility index (Phi) is 26.6. The van der Waals surface area contributed by atoms with Crippen molar-refractivity contribution in [3.8, 4) is 0 Å². The first-order valence-corrected chi connectivity index (χ1v) is 22.6. The van der Waals surface area contributed by atoms with Crippen LogP contribution in [0.2, 0.25) is 0 Å². The van der Waals surface area contributed by atoms with Gasteiger partial charge in [-0.25, -0.2) is 0 Å². The number of Topliss-reactive ketones (excluding diaryl/α,β-unsaturated/α-hetero) is 1. The van der Waals surface area contributed by atoms with Gasteiger partial charge in [-0.2, -0.15) is 0 Å². The highest BCUT2D eigenvalue weighted by Crippen LogP contribution is 2.24. The lowest BCUT2D eigenvalue weighted by molar-refractivity contribution is -0.300. The van der Waals surface area contributed by atoms with Crippen LogP contribution in [0.25, 0.3) is 0 Å². The maximum atomic E-state index is 14.0. The number of aliphatic hydroxyl groups excluding tert-OH is 12. The maximum absolute atomic E-state index is 14.0. The van der Waals surface area contributed by atoms with Crippen LogP contribution in [-0.2, 0) is 52.4 Å². The molecule has 69 heavy (non-hydrogen) atoms. The van der Waals surface area contributed by atoms with E-state index in [1.54, 1.807) is 0 Å². The number of carbonyl (C=O) groups excluding carboxylic acids is 5. The molecule has 17 atom stereocenters. The third-order valence-electron chi connectivity index (χ3n) is 11.5. The van der Waals surface area contributed by atoms with Crippen LogP contribution < -0.4 is 27.0 Å². The number of nitrogens with zero attached hydrogens (tertiary/aromatic N) is 1. The molecule has 0 aromatic heterocycles. The summed E-state index contributed by atoms with van der Waals surface area (Å²) in [5.74, 6) is -3.47. The summed E-state index contributed by atoms with van der Waals surface area (Å²) in [6.45, 7) is -3.93. The molecule has 0 bridgehead atoms. The van der Waals surface area contributed by atoms with Gasteiger partial charge in [-0.1, -0.05) is 0 Å². The number of amides is 4. The molecule has 0 saturated carbocycles. The van der Waals surface area contributed by atoms with E-state index in [2.05, 4.69) is 21.3 Å². The van der Waals surface area contributed by atoms with E-state index in [9.17, 15) is 85.3 Å². The van der Waals surface area contributed by atoms with Gasteiger partial charge in [-0.15, -0.1) is 0 Å². The van der Waals surface area contributed by atoms with Gasteiger partial charge in [0.05, 0.1) is 64.8 Å². The van der Waals surface area contributed by atoms with Crippen LogP contribution >= 0.6 is 0 Å². The Labute approximate surface area is 396 Å². The van der Waals surface area contributed by atoms with Gasteiger partial charge in [0.15, 0.2) is 24.7 Å². The molecule has 29 nitrogen and oxygen atoms in total. The molecule has 0 aromatic carbocycles. The first-order valence-electron chi connectivity index (χ1n) is 22.6. The van der Waals surface area contributed by atoms with Gasteiger partial charge in [-0.05, 0) is 39.2 Å². The Balaban J connectivity index is 1.78. The minimum atomic E-state index is -1.75. The van der Waals surface area contributed by atoms with Crippen molar-refractivity contribution < 1.29 is 114 Å². The SMILES string of the molecule is CC(=O)[C@H](CCCCN)NC(=O)CC[C@@H](C(=O)NCCO[C@H]1O[C@H](CO)[C@@H](O)[C@H](O)[C@@H]1O)N(CC(=O)NCCO[C@H]1O[C@H](CO)[C@@H](O)[C@H](O)[C@@H]1O)CC(=O)NCCO[C@H]1O[C@H](CO)[C@@H](O)[C@H](O)[C@@H]1O. The van der Waals surface area contributed by atoms with Gasteiger partial charge >= 0.3 is 0 Å². The standard InChI is InChI=1S/C40H72N6O23/c1-19(50)20(4-2-3-7-41)45-25(51)6-5-21(37(63)44-10-13-66-40-36(62)33(59)30(56)24(18-49)69-40)46(14-26(52)42-8-11-64-38-34(60)31(57)28(54)22(16-47)67-38)15-27(53)43-9-12-65-39-35(61)32(58)29(55)23(17-48)68-39/h20-24,28-36,38-40,47-49,54-62H,2-18,41H2,1H3,(H,42,52)(H,43,53)(H,44,63)(H,45,51)/t20-,21-,22+,23+,24+,28+,29+,30+,31-,32-,33-,34-,35-,36-,38-,39-,40-/m0/s1. The number of hydrogen-bond acceptors (Lipinski definition) is 25. The topological polar surface area (TPSA) is 461 Å². The van der Waals surface area contributed by atoms with E-state index in [0.29, 0.717) is 19.4 Å². The zero-order valence-corrected chi connectivity index (χ0v) is 38.2. The van der Waals surface area contributed by atoms with E-state index in [1.165, 1.54) is 6.92 Å². The molecule has 0 aromatic rings. The van der Waals surface area contributed by atoms with Gasteiger partial charge < -0.3 is 117 Å². The van der Waals surface area contributed by atoms with Crippen LogP contribution in [0.15, 0.2) is 0 Å². The fourth-order valence-electron chi connectivity index (χ4n) is 7.45. The Bertz CT molecular complexity index is 1510. The largest absolute Gasteiger partial charge is 0.394 e. The Hall–Kier alpha value is -3.25. The monoisotopic (exact) mass is 1000 g/mol. The average molecular weight is 1010 g/mol. The lowest BCUT2D eigenvalue weighted by Gasteiger charge is -2.39. The fourth-order valence-corrected chi connectivity index (χ4v) is 7.45. The van der Waals surface area contributed by atoms with Crippen molar-refractivity contribution in [2.24, 2.45) is 5.73 Å². The number of ether oxygens (including phenoxy) is 6.